The fourth-order valence-electron chi connectivity index (χ4n) is 0.235. The van der Waals surface area contributed by atoms with Crippen LogP contribution in [0.5, 0.6) is 0 Å². The van der Waals surface area contributed by atoms with Gasteiger partial charge in [-0.25, -0.2) is 0 Å². The summed E-state index contributed by atoms with van der Waals surface area (Å²) >= 11 is 0. The minimum atomic E-state index is 0. The number of rotatable bonds is 4. The Morgan fingerprint density at radius 2 is 1.17 bits per heavy atom. The first kappa shape index (κ1) is 27.1. The Morgan fingerprint density at radius 3 is 1.17 bits per heavy atom. The Labute approximate surface area is 132 Å². The second-order valence-corrected chi connectivity index (χ2v) is 3.41. The van der Waals surface area contributed by atoms with Crippen molar-refractivity contribution in [3.8, 4) is 0 Å². The molecule has 0 aliphatic carbocycles. The van der Waals surface area contributed by atoms with Gasteiger partial charge in [-0.1, -0.05) is 20.8 Å². The van der Waals surface area contributed by atoms with Crippen molar-refractivity contribution >= 4 is 0 Å². The molecule has 1 heterocycles. The van der Waals surface area contributed by atoms with Crippen LogP contribution in [-0.2, 0) is 30.9 Å². The number of hydrogen-bond donors (Lipinski definition) is 3. The molecule has 1 fully saturated rings. The van der Waals surface area contributed by atoms with Crippen molar-refractivity contribution in [1.82, 2.24) is 0 Å². The molecule has 1 atom stereocenters. The molecule has 0 aromatic heterocycles. The fourth-order valence-corrected chi connectivity index (χ4v) is 0.235. The van der Waals surface area contributed by atoms with E-state index in [0.717, 1.165) is 32.3 Å². The van der Waals surface area contributed by atoms with Gasteiger partial charge in [-0.3, -0.25) is 0 Å². The van der Waals surface area contributed by atoms with Crippen LogP contribution in [0.3, 0.4) is 0 Å². The predicted molar refractivity (Wildman–Crippen MR) is 71.8 cm³/mol. The molecule has 1 rings (SSSR count). The van der Waals surface area contributed by atoms with Crippen LogP contribution in [0.1, 0.15) is 46.5 Å². The van der Waals surface area contributed by atoms with Gasteiger partial charge in [-0.15, -0.1) is 0 Å². The number of ether oxygens (including phenoxy) is 1. The number of epoxide rings is 1. The van der Waals surface area contributed by atoms with E-state index in [-0.39, 0.29) is 26.2 Å². The molecule has 0 aromatic carbocycles. The van der Waals surface area contributed by atoms with E-state index in [4.69, 9.17) is 20.1 Å². The molecule has 3 N–H and O–H groups in total. The topological polar surface area (TPSA) is 73.2 Å². The van der Waals surface area contributed by atoms with Gasteiger partial charge >= 0.3 is 0 Å². The average Bonchev–Trinajstić information content (AvgIpc) is 3.23. The van der Waals surface area contributed by atoms with Gasteiger partial charge in [0.15, 0.2) is 0 Å². The Balaban J connectivity index is -0.0000000719. The van der Waals surface area contributed by atoms with Crippen LogP contribution in [0, 0.1) is 6.92 Å². The maximum Gasteiger partial charge on any atom is 0.0707 e. The quantitative estimate of drug-likeness (QED) is 0.538. The van der Waals surface area contributed by atoms with Crippen molar-refractivity contribution in [1.29, 1.82) is 0 Å². The molecule has 0 bridgehead atoms. The second kappa shape index (κ2) is 30.6. The Morgan fingerprint density at radius 1 is 0.944 bits per heavy atom. The zero-order chi connectivity index (χ0) is 13.9. The smallest absolute Gasteiger partial charge is 0.0707 e. The van der Waals surface area contributed by atoms with Crippen LogP contribution in [0.4, 0.5) is 0 Å². The monoisotopic (exact) mass is 341 g/mol. The minimum absolute atomic E-state index is 0. The third-order valence-corrected chi connectivity index (χ3v) is 1.40. The summed E-state index contributed by atoms with van der Waals surface area (Å²) in [6, 6.07) is 0. The molecule has 1 aliphatic rings. The SMILES string of the molecule is CCCO.CCCO.CCCO.[CH2-]CC1CO1.[Zr]. The summed E-state index contributed by atoms with van der Waals surface area (Å²) in [4.78, 5) is 0. The molecule has 0 aromatic rings. The molecule has 1 saturated heterocycles. The zero-order valence-corrected chi connectivity index (χ0v) is 14.6. The van der Waals surface area contributed by atoms with Gasteiger partial charge in [0.2, 0.25) is 0 Å². The van der Waals surface area contributed by atoms with Gasteiger partial charge in [-0.05, 0) is 19.3 Å². The molecule has 1 aliphatic heterocycles. The summed E-state index contributed by atoms with van der Waals surface area (Å²) in [6.07, 6.45) is 4.09. The van der Waals surface area contributed by atoms with E-state index in [2.05, 4.69) is 6.92 Å². The van der Waals surface area contributed by atoms with Crippen LogP contribution in [0.2, 0.25) is 0 Å². The van der Waals surface area contributed by atoms with Crippen molar-refractivity contribution in [3.63, 3.8) is 0 Å². The first-order chi connectivity index (χ1) is 8.17. The van der Waals surface area contributed by atoms with E-state index < -0.39 is 0 Å². The summed E-state index contributed by atoms with van der Waals surface area (Å²) in [6.45, 7) is 11.3. The van der Waals surface area contributed by atoms with Gasteiger partial charge in [0.05, 0.1) is 12.7 Å². The normalized spacial score (nSPS) is 14.5. The summed E-state index contributed by atoms with van der Waals surface area (Å²) in [7, 11) is 0. The van der Waals surface area contributed by atoms with E-state index in [9.17, 15) is 0 Å². The maximum atomic E-state index is 7.88. The maximum absolute atomic E-state index is 7.88. The Bertz CT molecular complexity index is 85.5. The minimum Gasteiger partial charge on any atom is -0.396 e. The van der Waals surface area contributed by atoms with Crippen molar-refractivity contribution in [2.45, 2.75) is 52.6 Å². The summed E-state index contributed by atoms with van der Waals surface area (Å²) in [5.74, 6) is 0. The predicted octanol–water partition coefficient (Wildman–Crippen LogP) is 1.77. The van der Waals surface area contributed by atoms with Crippen LogP contribution >= 0.6 is 0 Å². The van der Waals surface area contributed by atoms with E-state index in [1.165, 1.54) is 0 Å². The van der Waals surface area contributed by atoms with E-state index in [0.29, 0.717) is 25.9 Å². The first-order valence-electron chi connectivity index (χ1n) is 6.41. The van der Waals surface area contributed by atoms with Crippen LogP contribution in [0.25, 0.3) is 0 Å². The largest absolute Gasteiger partial charge is 0.396 e. The molecule has 0 saturated carbocycles. The van der Waals surface area contributed by atoms with Gasteiger partial charge in [0.1, 0.15) is 0 Å². The van der Waals surface area contributed by atoms with E-state index in [1.807, 2.05) is 20.8 Å². The average molecular weight is 343 g/mol. The fraction of sp³-hybridized carbons (Fsp3) is 0.923. The van der Waals surface area contributed by atoms with E-state index >= 15 is 0 Å². The number of aliphatic hydroxyl groups excluding tert-OH is 3. The van der Waals surface area contributed by atoms with Crippen LogP contribution in [-0.4, -0.2) is 47.9 Å². The molecule has 5 heteroatoms. The van der Waals surface area contributed by atoms with Crippen molar-refractivity contribution in [2.24, 2.45) is 0 Å². The van der Waals surface area contributed by atoms with Gasteiger partial charge in [0.25, 0.3) is 0 Å². The molecule has 4 nitrogen and oxygen atoms in total. The van der Waals surface area contributed by atoms with Crippen LogP contribution < -0.4 is 0 Å². The summed E-state index contributed by atoms with van der Waals surface area (Å²) in [5, 5.41) is 23.6. The molecule has 0 amide bonds. The van der Waals surface area contributed by atoms with Crippen molar-refractivity contribution in [2.75, 3.05) is 26.4 Å². The number of aliphatic hydroxyl groups is 3. The number of hydrogen-bond acceptors (Lipinski definition) is 4. The van der Waals surface area contributed by atoms with Crippen molar-refractivity contribution in [3.05, 3.63) is 6.92 Å². The third kappa shape index (κ3) is 54.3. The Hall–Kier alpha value is 0.723. The van der Waals surface area contributed by atoms with E-state index in [1.54, 1.807) is 0 Å². The van der Waals surface area contributed by atoms with Gasteiger partial charge in [0, 0.05) is 46.0 Å². The molecule has 0 radical (unpaired) electrons. The van der Waals surface area contributed by atoms with Crippen LogP contribution in [0.15, 0.2) is 0 Å². The molecule has 0 spiro atoms. The molecular formula is C13H31O4Zr-. The third-order valence-electron chi connectivity index (χ3n) is 1.40. The molecule has 112 valence electrons. The molecule has 1 unspecified atom stereocenters. The summed E-state index contributed by atoms with van der Waals surface area (Å²) < 4.78 is 4.80. The standard InChI is InChI=1S/C4H7O.3C3H8O.Zr/c1-2-4-3-5-4;3*1-2-3-4;/h4H,1-3H2;3*4H,2-3H2,1H3;/q-1;;;;. The van der Waals surface area contributed by atoms with Gasteiger partial charge < -0.3 is 27.0 Å². The summed E-state index contributed by atoms with van der Waals surface area (Å²) in [5.41, 5.74) is 0. The molecular weight excluding hydrogens is 311 g/mol. The Kier molecular flexibility index (Phi) is 46.2. The zero-order valence-electron chi connectivity index (χ0n) is 12.2. The first-order valence-corrected chi connectivity index (χ1v) is 6.41. The van der Waals surface area contributed by atoms with Gasteiger partial charge in [-0.2, -0.15) is 6.42 Å². The van der Waals surface area contributed by atoms with Crippen molar-refractivity contribution < 1.29 is 46.3 Å². The second-order valence-electron chi connectivity index (χ2n) is 3.41. The molecule has 18 heavy (non-hydrogen) atoms.